The first kappa shape index (κ1) is 14.1. The average Bonchev–Trinajstić information content (AvgIpc) is 2.49. The molecule has 0 radical (unpaired) electrons. The maximum absolute atomic E-state index is 5.62. The highest BCUT2D eigenvalue weighted by atomic mass is 32.1. The van der Waals surface area contributed by atoms with Gasteiger partial charge in [-0.05, 0) is 29.3 Å². The van der Waals surface area contributed by atoms with Crippen molar-refractivity contribution in [3.8, 4) is 0 Å². The average molecular weight is 296 g/mol. The van der Waals surface area contributed by atoms with Crippen molar-refractivity contribution >= 4 is 28.6 Å². The summed E-state index contributed by atoms with van der Waals surface area (Å²) in [5.74, 6) is 0.272. The number of nitrogens with one attached hydrogen (secondary N) is 2. The lowest BCUT2D eigenvalue weighted by molar-refractivity contribution is 0.454. The summed E-state index contributed by atoms with van der Waals surface area (Å²) in [6, 6.07) is 17.1. The molecule has 0 aliphatic carbocycles. The number of benzene rings is 2. The molecule has 3 heteroatoms. The number of para-hydroxylation sites is 1. The summed E-state index contributed by atoms with van der Waals surface area (Å²) < 4.78 is 0. The van der Waals surface area contributed by atoms with Crippen molar-refractivity contribution in [1.29, 1.82) is 0 Å². The standard InChI is InChI=1S/C18H20N2S/c1-18(2)16(12-8-10-13(19-3)11-9-12)14-6-4-5-7-15(14)20-17(18)21/h4-11,16,19H,1-3H3,(H,20,21). The molecule has 2 aromatic rings. The maximum atomic E-state index is 5.62. The Labute approximate surface area is 131 Å². The molecule has 1 heterocycles. The number of fused-ring (bicyclic) bond motifs is 1. The molecule has 0 amide bonds. The van der Waals surface area contributed by atoms with Gasteiger partial charge >= 0.3 is 0 Å². The molecule has 0 aromatic heterocycles. The van der Waals surface area contributed by atoms with E-state index in [1.165, 1.54) is 11.1 Å². The predicted molar refractivity (Wildman–Crippen MR) is 94.3 cm³/mol. The molecule has 0 bridgehead atoms. The van der Waals surface area contributed by atoms with E-state index in [0.717, 1.165) is 16.4 Å². The first-order valence-electron chi connectivity index (χ1n) is 7.22. The highest BCUT2D eigenvalue weighted by molar-refractivity contribution is 7.80. The Kier molecular flexibility index (Phi) is 3.46. The zero-order valence-corrected chi connectivity index (χ0v) is 13.4. The van der Waals surface area contributed by atoms with Gasteiger partial charge in [-0.25, -0.2) is 0 Å². The Balaban J connectivity index is 2.14. The minimum atomic E-state index is -0.106. The first-order chi connectivity index (χ1) is 10.0. The minimum absolute atomic E-state index is 0.106. The zero-order valence-electron chi connectivity index (χ0n) is 12.6. The van der Waals surface area contributed by atoms with Crippen LogP contribution in [-0.4, -0.2) is 12.0 Å². The van der Waals surface area contributed by atoms with E-state index in [0.29, 0.717) is 0 Å². The van der Waals surface area contributed by atoms with Crippen LogP contribution in [0.15, 0.2) is 48.5 Å². The smallest absolute Gasteiger partial charge is 0.0864 e. The number of hydrogen-bond donors (Lipinski definition) is 2. The van der Waals surface area contributed by atoms with E-state index < -0.39 is 0 Å². The molecule has 0 spiro atoms. The van der Waals surface area contributed by atoms with Gasteiger partial charge in [-0.1, -0.05) is 56.4 Å². The fourth-order valence-electron chi connectivity index (χ4n) is 3.10. The zero-order chi connectivity index (χ0) is 15.0. The van der Waals surface area contributed by atoms with Gasteiger partial charge in [0.05, 0.1) is 4.99 Å². The first-order valence-corrected chi connectivity index (χ1v) is 7.63. The van der Waals surface area contributed by atoms with Crippen LogP contribution in [0.5, 0.6) is 0 Å². The van der Waals surface area contributed by atoms with Gasteiger partial charge in [0.1, 0.15) is 0 Å². The van der Waals surface area contributed by atoms with Crippen molar-refractivity contribution in [2.75, 3.05) is 17.7 Å². The van der Waals surface area contributed by atoms with Gasteiger partial charge in [0.2, 0.25) is 0 Å². The summed E-state index contributed by atoms with van der Waals surface area (Å²) in [5, 5.41) is 6.56. The Bertz CT molecular complexity index is 674. The molecule has 3 rings (SSSR count). The molecule has 1 atom stereocenters. The van der Waals surface area contributed by atoms with Crippen LogP contribution in [0.25, 0.3) is 0 Å². The molecule has 1 aliphatic rings. The van der Waals surface area contributed by atoms with Crippen molar-refractivity contribution < 1.29 is 0 Å². The molecule has 21 heavy (non-hydrogen) atoms. The summed E-state index contributed by atoms with van der Waals surface area (Å²) in [6.07, 6.45) is 0. The summed E-state index contributed by atoms with van der Waals surface area (Å²) in [7, 11) is 1.94. The molecule has 108 valence electrons. The SMILES string of the molecule is CNc1ccc(C2c3ccccc3NC(=S)C2(C)C)cc1. The molecule has 0 saturated heterocycles. The molecular formula is C18H20N2S. The van der Waals surface area contributed by atoms with Gasteiger partial charge in [-0.15, -0.1) is 0 Å². The van der Waals surface area contributed by atoms with Crippen molar-refractivity contribution in [2.45, 2.75) is 19.8 Å². The monoisotopic (exact) mass is 296 g/mol. The summed E-state index contributed by atoms with van der Waals surface area (Å²) >= 11 is 5.62. The Morgan fingerprint density at radius 2 is 1.71 bits per heavy atom. The van der Waals surface area contributed by atoms with E-state index >= 15 is 0 Å². The van der Waals surface area contributed by atoms with E-state index in [9.17, 15) is 0 Å². The van der Waals surface area contributed by atoms with Crippen LogP contribution in [-0.2, 0) is 0 Å². The third-order valence-corrected chi connectivity index (χ3v) is 4.99. The lowest BCUT2D eigenvalue weighted by Crippen LogP contribution is -2.40. The Hall–Kier alpha value is -1.87. The molecule has 0 fully saturated rings. The second-order valence-corrected chi connectivity index (χ2v) is 6.48. The van der Waals surface area contributed by atoms with E-state index in [4.69, 9.17) is 12.2 Å². The third kappa shape index (κ3) is 2.32. The van der Waals surface area contributed by atoms with Crippen molar-refractivity contribution in [2.24, 2.45) is 5.41 Å². The number of hydrogen-bond acceptors (Lipinski definition) is 2. The largest absolute Gasteiger partial charge is 0.388 e. The van der Waals surface area contributed by atoms with E-state index in [1.807, 2.05) is 13.1 Å². The van der Waals surface area contributed by atoms with Crippen LogP contribution >= 0.6 is 12.2 Å². The van der Waals surface area contributed by atoms with Crippen LogP contribution in [0.2, 0.25) is 0 Å². The second-order valence-electron chi connectivity index (χ2n) is 6.07. The fourth-order valence-corrected chi connectivity index (χ4v) is 3.33. The normalized spacial score (nSPS) is 19.6. The van der Waals surface area contributed by atoms with Crippen molar-refractivity contribution in [3.05, 3.63) is 59.7 Å². The van der Waals surface area contributed by atoms with E-state index in [1.54, 1.807) is 0 Å². The van der Waals surface area contributed by atoms with Gasteiger partial charge < -0.3 is 10.6 Å². The van der Waals surface area contributed by atoms with Crippen molar-refractivity contribution in [1.82, 2.24) is 0 Å². The minimum Gasteiger partial charge on any atom is -0.388 e. The Morgan fingerprint density at radius 1 is 1.05 bits per heavy atom. The van der Waals surface area contributed by atoms with Gasteiger partial charge in [-0.2, -0.15) is 0 Å². The summed E-state index contributed by atoms with van der Waals surface area (Å²) in [6.45, 7) is 4.43. The molecule has 2 N–H and O–H groups in total. The fraction of sp³-hybridized carbons (Fsp3) is 0.278. The summed E-state index contributed by atoms with van der Waals surface area (Å²) in [5.41, 5.74) is 4.76. The molecule has 0 saturated carbocycles. The quantitative estimate of drug-likeness (QED) is 0.790. The van der Waals surface area contributed by atoms with Crippen LogP contribution in [0.4, 0.5) is 11.4 Å². The van der Waals surface area contributed by atoms with Gasteiger partial charge in [0.15, 0.2) is 0 Å². The molecular weight excluding hydrogens is 276 g/mol. The molecule has 1 aliphatic heterocycles. The van der Waals surface area contributed by atoms with Crippen LogP contribution in [0, 0.1) is 5.41 Å². The van der Waals surface area contributed by atoms with Crippen LogP contribution in [0.3, 0.4) is 0 Å². The maximum Gasteiger partial charge on any atom is 0.0864 e. The van der Waals surface area contributed by atoms with Crippen molar-refractivity contribution in [3.63, 3.8) is 0 Å². The number of thiocarbonyl (C=S) groups is 1. The van der Waals surface area contributed by atoms with Gasteiger partial charge in [0, 0.05) is 29.8 Å². The lowest BCUT2D eigenvalue weighted by atomic mass is 9.68. The lowest BCUT2D eigenvalue weighted by Gasteiger charge is -2.41. The topological polar surface area (TPSA) is 24.1 Å². The van der Waals surface area contributed by atoms with Gasteiger partial charge in [0.25, 0.3) is 0 Å². The van der Waals surface area contributed by atoms with E-state index in [2.05, 4.69) is 66.9 Å². The predicted octanol–water partition coefficient (Wildman–Crippen LogP) is 4.64. The molecule has 2 nitrogen and oxygen atoms in total. The van der Waals surface area contributed by atoms with Crippen LogP contribution in [0.1, 0.15) is 30.9 Å². The number of rotatable bonds is 2. The highest BCUT2D eigenvalue weighted by Crippen LogP contribution is 2.48. The van der Waals surface area contributed by atoms with E-state index in [-0.39, 0.29) is 11.3 Å². The van der Waals surface area contributed by atoms with Crippen LogP contribution < -0.4 is 10.6 Å². The molecule has 2 aromatic carbocycles. The highest BCUT2D eigenvalue weighted by Gasteiger charge is 2.40. The Morgan fingerprint density at radius 3 is 2.38 bits per heavy atom. The molecule has 1 unspecified atom stereocenters. The number of anilines is 2. The third-order valence-electron chi connectivity index (χ3n) is 4.36. The second kappa shape index (κ2) is 5.15. The summed E-state index contributed by atoms with van der Waals surface area (Å²) in [4.78, 5) is 0.906. The van der Waals surface area contributed by atoms with Gasteiger partial charge in [-0.3, -0.25) is 0 Å².